The second-order valence-electron chi connectivity index (χ2n) is 7.28. The molecular weight excluding hydrogens is 264 g/mol. The topological polar surface area (TPSA) is 24.9 Å². The fourth-order valence-electron chi connectivity index (χ4n) is 3.46. The first-order valence-corrected chi connectivity index (χ1v) is 9.03. The predicted octanol–water partition coefficient (Wildman–Crippen LogP) is 5.04. The highest BCUT2D eigenvalue weighted by Crippen LogP contribution is 2.43. The van der Waals surface area contributed by atoms with Gasteiger partial charge in [-0.3, -0.25) is 0 Å². The van der Waals surface area contributed by atoms with Crippen LogP contribution in [0.3, 0.4) is 0 Å². The van der Waals surface area contributed by atoms with Crippen molar-refractivity contribution in [1.82, 2.24) is 10.3 Å². The van der Waals surface area contributed by atoms with Gasteiger partial charge in [0, 0.05) is 11.6 Å². The van der Waals surface area contributed by atoms with Crippen LogP contribution in [-0.2, 0) is 0 Å². The molecule has 1 atom stereocenters. The largest absolute Gasteiger partial charge is 0.308 e. The first-order chi connectivity index (χ1) is 9.52. The number of aromatic nitrogens is 1. The highest BCUT2D eigenvalue weighted by molar-refractivity contribution is 7.09. The predicted molar refractivity (Wildman–Crippen MR) is 88.1 cm³/mol. The maximum absolute atomic E-state index is 4.57. The van der Waals surface area contributed by atoms with E-state index < -0.39 is 0 Å². The Labute approximate surface area is 128 Å². The molecule has 0 aliphatic heterocycles. The van der Waals surface area contributed by atoms with Crippen LogP contribution >= 0.6 is 11.3 Å². The molecule has 1 aliphatic carbocycles. The van der Waals surface area contributed by atoms with Gasteiger partial charge in [0.15, 0.2) is 0 Å². The summed E-state index contributed by atoms with van der Waals surface area (Å²) in [4.78, 5) is 4.57. The molecule has 2 nitrogen and oxygen atoms in total. The SMILES string of the molecule is CCCNC(c1nccs1)C1CCC(C(C)(C)C)CC1. The van der Waals surface area contributed by atoms with Crippen LogP contribution in [0.5, 0.6) is 0 Å². The summed E-state index contributed by atoms with van der Waals surface area (Å²) in [7, 11) is 0. The molecule has 2 rings (SSSR count). The van der Waals surface area contributed by atoms with Gasteiger partial charge >= 0.3 is 0 Å². The molecular formula is C17H30N2S. The van der Waals surface area contributed by atoms with Crippen LogP contribution < -0.4 is 5.32 Å². The lowest BCUT2D eigenvalue weighted by Crippen LogP contribution is -2.34. The molecule has 1 aliphatic rings. The summed E-state index contributed by atoms with van der Waals surface area (Å²) < 4.78 is 0. The van der Waals surface area contributed by atoms with Crippen molar-refractivity contribution < 1.29 is 0 Å². The Morgan fingerprint density at radius 1 is 1.30 bits per heavy atom. The van der Waals surface area contributed by atoms with Gasteiger partial charge in [-0.25, -0.2) is 4.98 Å². The van der Waals surface area contributed by atoms with E-state index in [1.807, 2.05) is 17.5 Å². The van der Waals surface area contributed by atoms with E-state index in [9.17, 15) is 0 Å². The molecule has 20 heavy (non-hydrogen) atoms. The Hall–Kier alpha value is -0.410. The first kappa shape index (κ1) is 16.0. The van der Waals surface area contributed by atoms with Crippen LogP contribution in [0.25, 0.3) is 0 Å². The molecule has 0 saturated heterocycles. The molecule has 3 heteroatoms. The van der Waals surface area contributed by atoms with Gasteiger partial charge in [-0.15, -0.1) is 11.3 Å². The zero-order chi connectivity index (χ0) is 14.6. The molecule has 114 valence electrons. The first-order valence-electron chi connectivity index (χ1n) is 8.15. The summed E-state index contributed by atoms with van der Waals surface area (Å²) in [6, 6.07) is 0.482. The molecule has 1 N–H and O–H groups in total. The number of hydrogen-bond donors (Lipinski definition) is 1. The van der Waals surface area contributed by atoms with Crippen molar-refractivity contribution >= 4 is 11.3 Å². The fourth-order valence-corrected chi connectivity index (χ4v) is 4.27. The van der Waals surface area contributed by atoms with E-state index >= 15 is 0 Å². The van der Waals surface area contributed by atoms with Crippen molar-refractivity contribution in [2.75, 3.05) is 6.54 Å². The van der Waals surface area contributed by atoms with Gasteiger partial charge in [0.1, 0.15) is 5.01 Å². The quantitative estimate of drug-likeness (QED) is 0.823. The molecule has 0 amide bonds. The van der Waals surface area contributed by atoms with Crippen LogP contribution in [0, 0.1) is 17.3 Å². The van der Waals surface area contributed by atoms with Crippen LogP contribution in [0.1, 0.15) is 70.8 Å². The summed E-state index contributed by atoms with van der Waals surface area (Å²) in [5.41, 5.74) is 0.471. The number of hydrogen-bond acceptors (Lipinski definition) is 3. The Balaban J connectivity index is 1.98. The molecule has 1 saturated carbocycles. The normalized spacial score (nSPS) is 25.6. The van der Waals surface area contributed by atoms with E-state index in [4.69, 9.17) is 0 Å². The average Bonchev–Trinajstić information content (AvgIpc) is 2.93. The van der Waals surface area contributed by atoms with E-state index in [1.54, 1.807) is 0 Å². The Bertz CT molecular complexity index is 372. The van der Waals surface area contributed by atoms with Crippen LogP contribution in [0.2, 0.25) is 0 Å². The summed E-state index contributed by atoms with van der Waals surface area (Å²) in [5, 5.41) is 7.14. The Kier molecular flexibility index (Phi) is 5.62. The van der Waals surface area contributed by atoms with Gasteiger partial charge in [-0.05, 0) is 55.9 Å². The number of thiazole rings is 1. The van der Waals surface area contributed by atoms with Gasteiger partial charge < -0.3 is 5.32 Å². The zero-order valence-electron chi connectivity index (χ0n) is 13.5. The van der Waals surface area contributed by atoms with Gasteiger partial charge in [0.05, 0.1) is 6.04 Å². The minimum absolute atomic E-state index is 0.471. The lowest BCUT2D eigenvalue weighted by Gasteiger charge is -2.39. The number of nitrogens with one attached hydrogen (secondary N) is 1. The Morgan fingerprint density at radius 2 is 2.00 bits per heavy atom. The van der Waals surface area contributed by atoms with Gasteiger partial charge in [0.2, 0.25) is 0 Å². The maximum atomic E-state index is 4.57. The van der Waals surface area contributed by atoms with Crippen molar-refractivity contribution in [2.45, 2.75) is 65.8 Å². The monoisotopic (exact) mass is 294 g/mol. The summed E-state index contributed by atoms with van der Waals surface area (Å²) in [6.07, 6.45) is 8.60. The third-order valence-electron chi connectivity index (χ3n) is 4.80. The van der Waals surface area contributed by atoms with Crippen LogP contribution in [0.15, 0.2) is 11.6 Å². The summed E-state index contributed by atoms with van der Waals surface area (Å²) >= 11 is 1.81. The molecule has 1 unspecified atom stereocenters. The lowest BCUT2D eigenvalue weighted by atomic mass is 9.68. The highest BCUT2D eigenvalue weighted by atomic mass is 32.1. The standard InChI is InChI=1S/C17H30N2S/c1-5-10-18-15(16-19-11-12-20-16)13-6-8-14(9-7-13)17(2,3)4/h11-15,18H,5-10H2,1-4H3. The van der Waals surface area contributed by atoms with E-state index in [-0.39, 0.29) is 0 Å². The smallest absolute Gasteiger partial charge is 0.110 e. The average molecular weight is 295 g/mol. The second-order valence-corrected chi connectivity index (χ2v) is 8.21. The van der Waals surface area contributed by atoms with Crippen LogP contribution in [0.4, 0.5) is 0 Å². The van der Waals surface area contributed by atoms with Crippen molar-refractivity contribution in [3.05, 3.63) is 16.6 Å². The minimum Gasteiger partial charge on any atom is -0.308 e. The number of rotatable bonds is 5. The summed E-state index contributed by atoms with van der Waals surface area (Å²) in [6.45, 7) is 10.5. The van der Waals surface area contributed by atoms with E-state index in [2.05, 4.69) is 43.4 Å². The molecule has 1 heterocycles. The van der Waals surface area contributed by atoms with E-state index in [1.165, 1.54) is 37.1 Å². The van der Waals surface area contributed by atoms with Gasteiger partial charge in [0.25, 0.3) is 0 Å². The lowest BCUT2D eigenvalue weighted by molar-refractivity contribution is 0.132. The van der Waals surface area contributed by atoms with Crippen molar-refractivity contribution in [3.63, 3.8) is 0 Å². The highest BCUT2D eigenvalue weighted by Gasteiger charge is 2.33. The molecule has 0 spiro atoms. The Morgan fingerprint density at radius 3 is 2.50 bits per heavy atom. The third-order valence-corrected chi connectivity index (χ3v) is 5.66. The molecule has 0 bridgehead atoms. The molecule has 1 aromatic heterocycles. The van der Waals surface area contributed by atoms with Crippen molar-refractivity contribution in [3.8, 4) is 0 Å². The van der Waals surface area contributed by atoms with Gasteiger partial charge in [-0.1, -0.05) is 27.7 Å². The van der Waals surface area contributed by atoms with Crippen molar-refractivity contribution in [1.29, 1.82) is 0 Å². The van der Waals surface area contributed by atoms with E-state index in [0.29, 0.717) is 11.5 Å². The van der Waals surface area contributed by atoms with E-state index in [0.717, 1.165) is 18.4 Å². The maximum Gasteiger partial charge on any atom is 0.110 e. The molecule has 1 aromatic rings. The fraction of sp³-hybridized carbons (Fsp3) is 0.824. The van der Waals surface area contributed by atoms with Crippen molar-refractivity contribution in [2.24, 2.45) is 17.3 Å². The summed E-state index contributed by atoms with van der Waals surface area (Å²) in [5.74, 6) is 1.66. The van der Waals surface area contributed by atoms with Crippen LogP contribution in [-0.4, -0.2) is 11.5 Å². The van der Waals surface area contributed by atoms with Gasteiger partial charge in [-0.2, -0.15) is 0 Å². The molecule has 0 radical (unpaired) electrons. The second kappa shape index (κ2) is 7.04. The number of nitrogens with zero attached hydrogens (tertiary/aromatic N) is 1. The minimum atomic E-state index is 0.471. The third kappa shape index (κ3) is 4.05. The molecule has 0 aromatic carbocycles. The zero-order valence-corrected chi connectivity index (χ0v) is 14.3. The molecule has 1 fully saturated rings.